The van der Waals surface area contributed by atoms with Gasteiger partial charge in [0, 0.05) is 19.0 Å². The number of para-hydroxylation sites is 1. The third-order valence-corrected chi connectivity index (χ3v) is 4.94. The molecule has 0 saturated carbocycles. The average molecular weight is 369 g/mol. The molecule has 144 valence electrons. The summed E-state index contributed by atoms with van der Waals surface area (Å²) in [5, 5.41) is 8.82. The first-order chi connectivity index (χ1) is 13.2. The Balaban J connectivity index is 1.61. The standard InChI is InChI=1S/C22H27NO4/c1-26-21-7-3-2-6-20(21)22(25)18-5-4-12-23(16-18)15-17-8-10-19(11-9-17)27-14-13-24/h2-3,6-11,18,24H,4-5,12-16H2,1H3/t18-/m0/s1. The Kier molecular flexibility index (Phi) is 6.85. The summed E-state index contributed by atoms with van der Waals surface area (Å²) in [6.07, 6.45) is 1.94. The van der Waals surface area contributed by atoms with Crippen LogP contribution in [0.25, 0.3) is 0 Å². The Labute approximate surface area is 160 Å². The highest BCUT2D eigenvalue weighted by Crippen LogP contribution is 2.27. The van der Waals surface area contributed by atoms with Crippen LogP contribution in [0.4, 0.5) is 0 Å². The summed E-state index contributed by atoms with van der Waals surface area (Å²) >= 11 is 0. The van der Waals surface area contributed by atoms with E-state index in [1.807, 2.05) is 48.5 Å². The topological polar surface area (TPSA) is 59.0 Å². The normalized spacial score (nSPS) is 17.5. The third kappa shape index (κ3) is 5.08. The van der Waals surface area contributed by atoms with E-state index in [0.717, 1.165) is 38.2 Å². The average Bonchev–Trinajstić information content (AvgIpc) is 2.73. The van der Waals surface area contributed by atoms with Gasteiger partial charge in [0.2, 0.25) is 0 Å². The molecule has 1 aliphatic rings. The van der Waals surface area contributed by atoms with Gasteiger partial charge in [0.25, 0.3) is 0 Å². The van der Waals surface area contributed by atoms with Crippen molar-refractivity contribution < 1.29 is 19.4 Å². The van der Waals surface area contributed by atoms with E-state index in [0.29, 0.717) is 17.9 Å². The van der Waals surface area contributed by atoms with Crippen LogP contribution in [0.2, 0.25) is 0 Å². The van der Waals surface area contributed by atoms with E-state index < -0.39 is 0 Å². The smallest absolute Gasteiger partial charge is 0.170 e. The van der Waals surface area contributed by atoms with Gasteiger partial charge >= 0.3 is 0 Å². The van der Waals surface area contributed by atoms with Crippen LogP contribution >= 0.6 is 0 Å². The number of rotatable bonds is 8. The first kappa shape index (κ1) is 19.4. The van der Waals surface area contributed by atoms with Crippen molar-refractivity contribution in [2.75, 3.05) is 33.4 Å². The molecule has 0 unspecified atom stereocenters. The van der Waals surface area contributed by atoms with Crippen molar-refractivity contribution in [1.29, 1.82) is 0 Å². The number of nitrogens with zero attached hydrogens (tertiary/aromatic N) is 1. The fourth-order valence-corrected chi connectivity index (χ4v) is 3.59. The second-order valence-corrected chi connectivity index (χ2v) is 6.85. The fourth-order valence-electron chi connectivity index (χ4n) is 3.59. The van der Waals surface area contributed by atoms with Crippen LogP contribution in [0.3, 0.4) is 0 Å². The van der Waals surface area contributed by atoms with Gasteiger partial charge in [0.1, 0.15) is 18.1 Å². The minimum absolute atomic E-state index is 0.00205. The van der Waals surface area contributed by atoms with Gasteiger partial charge in [-0.05, 0) is 49.2 Å². The summed E-state index contributed by atoms with van der Waals surface area (Å²) in [6.45, 7) is 2.89. The molecule has 1 fully saturated rings. The molecule has 0 radical (unpaired) electrons. The highest BCUT2D eigenvalue weighted by atomic mass is 16.5. The minimum atomic E-state index is 0.00205. The van der Waals surface area contributed by atoms with Gasteiger partial charge < -0.3 is 14.6 Å². The lowest BCUT2D eigenvalue weighted by Crippen LogP contribution is -2.38. The Morgan fingerprint density at radius 1 is 1.19 bits per heavy atom. The number of methoxy groups -OCH3 is 1. The largest absolute Gasteiger partial charge is 0.496 e. The number of carbonyl (C=O) groups excluding carboxylic acids is 1. The van der Waals surface area contributed by atoms with E-state index in [-0.39, 0.29) is 18.3 Å². The summed E-state index contributed by atoms with van der Waals surface area (Å²) in [5.41, 5.74) is 1.87. The second kappa shape index (κ2) is 9.53. The van der Waals surface area contributed by atoms with Gasteiger partial charge in [-0.25, -0.2) is 0 Å². The Bertz CT molecular complexity index is 744. The zero-order valence-electron chi connectivity index (χ0n) is 15.8. The molecule has 5 heteroatoms. The van der Waals surface area contributed by atoms with E-state index in [9.17, 15) is 4.79 Å². The maximum absolute atomic E-state index is 13.0. The van der Waals surface area contributed by atoms with Crippen LogP contribution in [-0.2, 0) is 6.54 Å². The number of piperidine rings is 1. The minimum Gasteiger partial charge on any atom is -0.496 e. The highest BCUT2D eigenvalue weighted by molar-refractivity contribution is 6.00. The van der Waals surface area contributed by atoms with Gasteiger partial charge in [0.05, 0.1) is 19.3 Å². The zero-order chi connectivity index (χ0) is 19.1. The molecular weight excluding hydrogens is 342 g/mol. The number of Topliss-reactive ketones (excluding diaryl/α,β-unsaturated/α-hetero) is 1. The van der Waals surface area contributed by atoms with Crippen molar-refractivity contribution in [3.8, 4) is 11.5 Å². The number of ether oxygens (including phenoxy) is 2. The monoisotopic (exact) mass is 369 g/mol. The van der Waals surface area contributed by atoms with Crippen LogP contribution < -0.4 is 9.47 Å². The van der Waals surface area contributed by atoms with Crippen LogP contribution in [0.1, 0.15) is 28.8 Å². The number of benzene rings is 2. The van der Waals surface area contributed by atoms with E-state index in [2.05, 4.69) is 4.90 Å². The summed E-state index contributed by atoms with van der Waals surface area (Å²) in [5.74, 6) is 1.58. The maximum atomic E-state index is 13.0. The number of carbonyl (C=O) groups is 1. The van der Waals surface area contributed by atoms with Crippen LogP contribution in [0.5, 0.6) is 11.5 Å². The molecule has 0 amide bonds. The SMILES string of the molecule is COc1ccccc1C(=O)[C@H]1CCCN(Cc2ccc(OCCO)cc2)C1. The van der Waals surface area contributed by atoms with Gasteiger partial charge in [-0.2, -0.15) is 0 Å². The Morgan fingerprint density at radius 3 is 2.70 bits per heavy atom. The summed E-state index contributed by atoms with van der Waals surface area (Å²) in [7, 11) is 1.60. The predicted octanol–water partition coefficient (Wildman–Crippen LogP) is 3.16. The van der Waals surface area contributed by atoms with Crippen molar-refractivity contribution >= 4 is 5.78 Å². The molecule has 5 nitrogen and oxygen atoms in total. The lowest BCUT2D eigenvalue weighted by molar-refractivity contribution is 0.0808. The van der Waals surface area contributed by atoms with Crippen molar-refractivity contribution in [2.24, 2.45) is 5.92 Å². The van der Waals surface area contributed by atoms with Gasteiger partial charge in [-0.3, -0.25) is 9.69 Å². The van der Waals surface area contributed by atoms with Crippen molar-refractivity contribution in [3.05, 3.63) is 59.7 Å². The van der Waals surface area contributed by atoms with Gasteiger partial charge in [-0.1, -0.05) is 24.3 Å². The summed E-state index contributed by atoms with van der Waals surface area (Å²) in [6, 6.07) is 15.4. The van der Waals surface area contributed by atoms with Gasteiger partial charge in [-0.15, -0.1) is 0 Å². The Morgan fingerprint density at radius 2 is 1.96 bits per heavy atom. The molecule has 1 heterocycles. The van der Waals surface area contributed by atoms with Crippen LogP contribution in [-0.4, -0.2) is 49.2 Å². The number of aliphatic hydroxyl groups is 1. The summed E-state index contributed by atoms with van der Waals surface area (Å²) in [4.78, 5) is 15.3. The fraction of sp³-hybridized carbons (Fsp3) is 0.409. The lowest BCUT2D eigenvalue weighted by atomic mass is 9.89. The Hall–Kier alpha value is -2.37. The number of ketones is 1. The van der Waals surface area contributed by atoms with E-state index in [1.165, 1.54) is 5.56 Å². The molecular formula is C22H27NO4. The van der Waals surface area contributed by atoms with Crippen LogP contribution in [0, 0.1) is 5.92 Å². The van der Waals surface area contributed by atoms with Crippen molar-refractivity contribution in [1.82, 2.24) is 4.90 Å². The van der Waals surface area contributed by atoms with E-state index in [4.69, 9.17) is 14.6 Å². The molecule has 27 heavy (non-hydrogen) atoms. The number of hydrogen-bond acceptors (Lipinski definition) is 5. The molecule has 1 N–H and O–H groups in total. The summed E-state index contributed by atoms with van der Waals surface area (Å²) < 4.78 is 10.8. The third-order valence-electron chi connectivity index (χ3n) is 4.94. The first-order valence-corrected chi connectivity index (χ1v) is 9.43. The quantitative estimate of drug-likeness (QED) is 0.725. The second-order valence-electron chi connectivity index (χ2n) is 6.85. The van der Waals surface area contributed by atoms with Crippen LogP contribution in [0.15, 0.2) is 48.5 Å². The molecule has 2 aromatic rings. The maximum Gasteiger partial charge on any atom is 0.170 e. The van der Waals surface area contributed by atoms with E-state index >= 15 is 0 Å². The first-order valence-electron chi connectivity index (χ1n) is 9.43. The number of likely N-dealkylation sites (tertiary alicyclic amines) is 1. The van der Waals surface area contributed by atoms with Gasteiger partial charge in [0.15, 0.2) is 5.78 Å². The molecule has 0 aromatic heterocycles. The van der Waals surface area contributed by atoms with Crippen molar-refractivity contribution in [3.63, 3.8) is 0 Å². The molecule has 2 aromatic carbocycles. The lowest BCUT2D eigenvalue weighted by Gasteiger charge is -2.32. The highest BCUT2D eigenvalue weighted by Gasteiger charge is 2.28. The number of aliphatic hydroxyl groups excluding tert-OH is 1. The van der Waals surface area contributed by atoms with E-state index in [1.54, 1.807) is 7.11 Å². The molecule has 0 bridgehead atoms. The molecule has 0 aliphatic carbocycles. The predicted molar refractivity (Wildman–Crippen MR) is 104 cm³/mol. The molecule has 1 atom stereocenters. The molecule has 0 spiro atoms. The molecule has 3 rings (SSSR count). The number of hydrogen-bond donors (Lipinski definition) is 1. The molecule has 1 aliphatic heterocycles. The molecule has 1 saturated heterocycles. The zero-order valence-corrected chi connectivity index (χ0v) is 15.8. The van der Waals surface area contributed by atoms with Crippen molar-refractivity contribution in [2.45, 2.75) is 19.4 Å².